The highest BCUT2D eigenvalue weighted by atomic mass is 32.1. The van der Waals surface area contributed by atoms with Gasteiger partial charge in [-0.05, 0) is 56.6 Å². The number of hydrogen-bond acceptors (Lipinski definition) is 9. The Kier molecular flexibility index (Phi) is 11.0. The van der Waals surface area contributed by atoms with Crippen LogP contribution >= 0.6 is 11.3 Å². The Morgan fingerprint density at radius 3 is 2.45 bits per heavy atom. The van der Waals surface area contributed by atoms with Crippen molar-refractivity contribution in [2.45, 2.75) is 0 Å². The molecule has 5 aromatic rings. The molecule has 0 saturated carbocycles. The molecule has 0 fully saturated rings. The molecule has 3 aromatic carbocycles. The number of amides is 1. The second-order valence-corrected chi connectivity index (χ2v) is 10.2. The summed E-state index contributed by atoms with van der Waals surface area (Å²) >= 11 is 1.41. The molecule has 10 nitrogen and oxygen atoms in total. The Hall–Kier alpha value is -5.27. The summed E-state index contributed by atoms with van der Waals surface area (Å²) in [7, 11) is 3.98. The molecule has 0 bridgehead atoms. The van der Waals surface area contributed by atoms with E-state index in [2.05, 4.69) is 30.5 Å². The number of rotatable bonds is 10. The van der Waals surface area contributed by atoms with E-state index < -0.39 is 23.1 Å². The number of thiazole rings is 1. The number of carbonyl (C=O) groups is 2. The van der Waals surface area contributed by atoms with Gasteiger partial charge in [-0.2, -0.15) is 0 Å². The molecule has 0 aliphatic heterocycles. The normalized spacial score (nSPS) is 10.5. The molecular formula is C31H28F2N6O4S. The lowest BCUT2D eigenvalue weighted by atomic mass is 10.1. The number of carboxylic acid groups (broad SMARTS) is 1. The predicted octanol–water partition coefficient (Wildman–Crippen LogP) is 6.18. The third kappa shape index (κ3) is 8.40. The summed E-state index contributed by atoms with van der Waals surface area (Å²) in [6.45, 7) is 1.13. The van der Waals surface area contributed by atoms with E-state index in [1.807, 2.05) is 44.4 Å². The number of anilines is 3. The molecule has 226 valence electrons. The van der Waals surface area contributed by atoms with Crippen molar-refractivity contribution < 1.29 is 28.2 Å². The van der Waals surface area contributed by atoms with Gasteiger partial charge in [-0.1, -0.05) is 24.3 Å². The summed E-state index contributed by atoms with van der Waals surface area (Å²) in [4.78, 5) is 37.4. The third-order valence-corrected chi connectivity index (χ3v) is 6.79. The van der Waals surface area contributed by atoms with Crippen LogP contribution in [0.25, 0.3) is 21.8 Å². The number of ether oxygens (including phenoxy) is 1. The van der Waals surface area contributed by atoms with Gasteiger partial charge in [-0.3, -0.25) is 9.59 Å². The minimum atomic E-state index is -0.933. The highest BCUT2D eigenvalue weighted by Gasteiger charge is 2.18. The van der Waals surface area contributed by atoms with Crippen molar-refractivity contribution in [2.75, 3.05) is 37.9 Å². The van der Waals surface area contributed by atoms with Gasteiger partial charge in [-0.15, -0.1) is 11.3 Å². The summed E-state index contributed by atoms with van der Waals surface area (Å²) in [5.41, 5.74) is 4.21. The summed E-state index contributed by atoms with van der Waals surface area (Å²) in [6, 6.07) is 19.5. The van der Waals surface area contributed by atoms with Crippen LogP contribution in [0.3, 0.4) is 0 Å². The first-order chi connectivity index (χ1) is 21.3. The Morgan fingerprint density at radius 2 is 1.70 bits per heavy atom. The number of carbonyl (C=O) groups excluding carboxylic acids is 1. The summed E-state index contributed by atoms with van der Waals surface area (Å²) in [5, 5.41) is 12.7. The monoisotopic (exact) mass is 618 g/mol. The minimum absolute atomic E-state index is 0.250. The number of aromatic nitrogens is 3. The van der Waals surface area contributed by atoms with Gasteiger partial charge >= 0.3 is 0 Å². The van der Waals surface area contributed by atoms with Gasteiger partial charge in [0.25, 0.3) is 12.4 Å². The van der Waals surface area contributed by atoms with E-state index in [-0.39, 0.29) is 6.47 Å². The minimum Gasteiger partial charge on any atom is -0.492 e. The van der Waals surface area contributed by atoms with Crippen molar-refractivity contribution >= 4 is 41.0 Å². The maximum Gasteiger partial charge on any atom is 0.290 e. The molecule has 13 heteroatoms. The number of benzene rings is 3. The van der Waals surface area contributed by atoms with Crippen LogP contribution < -0.4 is 15.4 Å². The molecule has 0 spiro atoms. The maximum atomic E-state index is 14.1. The number of likely N-dealkylation sites (N-methyl/N-ethyl adjacent to an activating group) is 1. The number of nitrogens with one attached hydrogen (secondary N) is 2. The molecule has 3 N–H and O–H groups in total. The van der Waals surface area contributed by atoms with Gasteiger partial charge in [0, 0.05) is 35.7 Å². The second kappa shape index (κ2) is 15.3. The Balaban J connectivity index is 0.00000141. The standard InChI is InChI=1S/C30H26F2N6O2S.CH2O2/c1-38(2)14-15-40-22-9-4-8-21(17-22)36-30-33-13-12-25(37-30)28-27(34-18-41-28)19-6-3-7-20(16-19)35-29(39)26-23(31)10-5-11-24(26)32;2-1-3/h3-13,16-18H,14-15H2,1-2H3,(H,35,39)(H,33,36,37);1H,(H,2,3). The highest BCUT2D eigenvalue weighted by molar-refractivity contribution is 7.13. The van der Waals surface area contributed by atoms with Crippen molar-refractivity contribution in [1.82, 2.24) is 19.9 Å². The van der Waals surface area contributed by atoms with E-state index in [1.54, 1.807) is 36.0 Å². The van der Waals surface area contributed by atoms with Crippen molar-refractivity contribution in [3.05, 3.63) is 102 Å². The van der Waals surface area contributed by atoms with Crippen LogP contribution in [0.1, 0.15) is 10.4 Å². The van der Waals surface area contributed by atoms with Crippen LogP contribution in [0.5, 0.6) is 5.75 Å². The van der Waals surface area contributed by atoms with Crippen LogP contribution in [0.15, 0.2) is 84.5 Å². The van der Waals surface area contributed by atoms with Gasteiger partial charge in [0.2, 0.25) is 5.95 Å². The highest BCUT2D eigenvalue weighted by Crippen LogP contribution is 2.35. The average Bonchev–Trinajstić information content (AvgIpc) is 3.48. The van der Waals surface area contributed by atoms with Crippen LogP contribution in [-0.2, 0) is 4.79 Å². The first-order valence-electron chi connectivity index (χ1n) is 13.1. The fourth-order valence-electron chi connectivity index (χ4n) is 3.97. The lowest BCUT2D eigenvalue weighted by Gasteiger charge is -2.12. The van der Waals surface area contributed by atoms with Gasteiger partial charge in [-0.25, -0.2) is 23.7 Å². The molecule has 0 unspecified atom stereocenters. The molecule has 44 heavy (non-hydrogen) atoms. The van der Waals surface area contributed by atoms with E-state index >= 15 is 0 Å². The molecule has 0 atom stereocenters. The van der Waals surface area contributed by atoms with Crippen molar-refractivity contribution in [1.29, 1.82) is 0 Å². The van der Waals surface area contributed by atoms with Crippen LogP contribution in [0.4, 0.5) is 26.1 Å². The number of hydrogen-bond donors (Lipinski definition) is 3. The van der Waals surface area contributed by atoms with Crippen molar-refractivity contribution in [2.24, 2.45) is 0 Å². The lowest BCUT2D eigenvalue weighted by Crippen LogP contribution is -2.19. The van der Waals surface area contributed by atoms with Crippen LogP contribution in [0, 0.1) is 11.6 Å². The van der Waals surface area contributed by atoms with E-state index in [9.17, 15) is 13.6 Å². The summed E-state index contributed by atoms with van der Waals surface area (Å²) in [6.07, 6.45) is 1.66. The quantitative estimate of drug-likeness (QED) is 0.157. The molecule has 5 rings (SSSR count). The van der Waals surface area contributed by atoms with E-state index in [1.165, 1.54) is 17.4 Å². The predicted molar refractivity (Wildman–Crippen MR) is 165 cm³/mol. The third-order valence-electron chi connectivity index (χ3n) is 5.94. The van der Waals surface area contributed by atoms with E-state index in [0.717, 1.165) is 35.0 Å². The maximum absolute atomic E-state index is 14.1. The molecule has 2 aromatic heterocycles. The molecule has 0 aliphatic carbocycles. The van der Waals surface area contributed by atoms with Crippen LogP contribution in [-0.4, -0.2) is 64.6 Å². The average molecular weight is 619 g/mol. The van der Waals surface area contributed by atoms with E-state index in [0.29, 0.717) is 35.2 Å². The SMILES string of the molecule is CN(C)CCOc1cccc(Nc2nccc(-c3scnc3-c3cccc(NC(=O)c4c(F)cccc4F)c3)n2)c1.O=CO. The summed E-state index contributed by atoms with van der Waals surface area (Å²) < 4.78 is 34.0. The number of halogens is 2. The molecule has 1 amide bonds. The van der Waals surface area contributed by atoms with Gasteiger partial charge < -0.3 is 25.4 Å². The Morgan fingerprint density at radius 1 is 1.00 bits per heavy atom. The van der Waals surface area contributed by atoms with Gasteiger partial charge in [0.1, 0.15) is 29.6 Å². The fourth-order valence-corrected chi connectivity index (χ4v) is 4.75. The summed E-state index contributed by atoms with van der Waals surface area (Å²) in [5.74, 6) is -1.60. The second-order valence-electron chi connectivity index (χ2n) is 9.34. The molecule has 2 heterocycles. The zero-order chi connectivity index (χ0) is 31.5. The zero-order valence-electron chi connectivity index (χ0n) is 23.7. The largest absolute Gasteiger partial charge is 0.492 e. The Bertz CT molecular complexity index is 1710. The fraction of sp³-hybridized carbons (Fsp3) is 0.129. The topological polar surface area (TPSA) is 130 Å². The number of nitrogens with zero attached hydrogens (tertiary/aromatic N) is 4. The van der Waals surface area contributed by atoms with Crippen LogP contribution in [0.2, 0.25) is 0 Å². The Labute approximate surface area is 256 Å². The molecule has 0 radical (unpaired) electrons. The lowest BCUT2D eigenvalue weighted by molar-refractivity contribution is -0.122. The van der Waals surface area contributed by atoms with Gasteiger partial charge in [0.05, 0.1) is 21.8 Å². The zero-order valence-corrected chi connectivity index (χ0v) is 24.5. The van der Waals surface area contributed by atoms with E-state index in [4.69, 9.17) is 14.6 Å². The molecule has 0 saturated heterocycles. The van der Waals surface area contributed by atoms with Crippen molar-refractivity contribution in [3.63, 3.8) is 0 Å². The molecule has 0 aliphatic rings. The van der Waals surface area contributed by atoms with Crippen molar-refractivity contribution in [3.8, 4) is 27.6 Å². The first kappa shape index (κ1) is 31.7. The molecular weight excluding hydrogens is 590 g/mol. The van der Waals surface area contributed by atoms with Gasteiger partial charge in [0.15, 0.2) is 0 Å². The first-order valence-corrected chi connectivity index (χ1v) is 14.0. The smallest absolute Gasteiger partial charge is 0.290 e.